The van der Waals surface area contributed by atoms with Crippen molar-refractivity contribution in [2.75, 3.05) is 19.7 Å². The van der Waals surface area contributed by atoms with Crippen molar-refractivity contribution in [3.63, 3.8) is 0 Å². The summed E-state index contributed by atoms with van der Waals surface area (Å²) in [7, 11) is -3.71. The maximum absolute atomic E-state index is 12.9. The van der Waals surface area contributed by atoms with E-state index in [0.717, 1.165) is 24.2 Å². The number of piperidine rings is 1. The van der Waals surface area contributed by atoms with Gasteiger partial charge in [-0.05, 0) is 44.4 Å². The Labute approximate surface area is 164 Å². The molecule has 0 spiro atoms. The van der Waals surface area contributed by atoms with Crippen LogP contribution in [0.5, 0.6) is 0 Å². The Balaban J connectivity index is 1.69. The van der Waals surface area contributed by atoms with Crippen LogP contribution < -0.4 is 0 Å². The summed E-state index contributed by atoms with van der Waals surface area (Å²) in [4.78, 5) is 36.9. The molecule has 0 aliphatic carbocycles. The number of imide groups is 1. The number of likely N-dealkylation sites (tertiary alicyclic amines) is 1. The van der Waals surface area contributed by atoms with E-state index in [1.54, 1.807) is 0 Å². The number of esters is 1. The van der Waals surface area contributed by atoms with Crippen molar-refractivity contribution < 1.29 is 27.5 Å². The largest absolute Gasteiger partial charge is 0.452 e. The fourth-order valence-electron chi connectivity index (χ4n) is 3.55. The van der Waals surface area contributed by atoms with Gasteiger partial charge >= 0.3 is 5.97 Å². The molecule has 2 fully saturated rings. The van der Waals surface area contributed by atoms with Crippen LogP contribution in [0.4, 0.5) is 0 Å². The summed E-state index contributed by atoms with van der Waals surface area (Å²) in [6.45, 7) is 2.11. The predicted octanol–water partition coefficient (Wildman–Crippen LogP) is 1.56. The van der Waals surface area contributed by atoms with Crippen molar-refractivity contribution in [1.82, 2.24) is 9.21 Å². The highest BCUT2D eigenvalue weighted by Crippen LogP contribution is 2.25. The minimum Gasteiger partial charge on any atom is -0.452 e. The van der Waals surface area contributed by atoms with Crippen molar-refractivity contribution in [2.24, 2.45) is 0 Å². The molecule has 2 heterocycles. The normalized spacial score (nSPS) is 21.0. The second-order valence-corrected chi connectivity index (χ2v) is 9.00. The number of sulfonamides is 1. The highest BCUT2D eigenvalue weighted by atomic mass is 32.2. The number of rotatable bonds is 5. The molecule has 1 aromatic rings. The van der Waals surface area contributed by atoms with E-state index in [-0.39, 0.29) is 22.4 Å². The van der Waals surface area contributed by atoms with Gasteiger partial charge in [0.2, 0.25) is 15.9 Å². The zero-order chi connectivity index (χ0) is 20.3. The van der Waals surface area contributed by atoms with Crippen LogP contribution in [-0.4, -0.2) is 61.1 Å². The number of hydrogen-bond acceptors (Lipinski definition) is 6. The molecule has 0 unspecified atom stereocenters. The molecule has 0 saturated carbocycles. The first-order valence-electron chi connectivity index (χ1n) is 9.43. The van der Waals surface area contributed by atoms with Crippen molar-refractivity contribution in [1.29, 1.82) is 0 Å². The third-order valence-corrected chi connectivity index (χ3v) is 7.13. The molecule has 0 N–H and O–H groups in total. The fourth-order valence-corrected chi connectivity index (χ4v) is 5.29. The average Bonchev–Trinajstić information content (AvgIpc) is 3.12. The second-order valence-electron chi connectivity index (χ2n) is 7.11. The lowest BCUT2D eigenvalue weighted by Crippen LogP contribution is -2.41. The minimum absolute atomic E-state index is 0.0248. The number of amides is 2. The topological polar surface area (TPSA) is 101 Å². The molecule has 3 rings (SSSR count). The molecule has 1 atom stereocenters. The van der Waals surface area contributed by atoms with Crippen molar-refractivity contribution >= 4 is 27.8 Å². The first-order valence-corrected chi connectivity index (χ1v) is 10.9. The lowest BCUT2D eigenvalue weighted by Gasteiger charge is -2.32. The number of nitrogens with zero attached hydrogens (tertiary/aromatic N) is 2. The third-order valence-electron chi connectivity index (χ3n) is 5.12. The van der Waals surface area contributed by atoms with Crippen LogP contribution in [0.1, 0.15) is 49.4 Å². The zero-order valence-corrected chi connectivity index (χ0v) is 16.6. The van der Waals surface area contributed by atoms with E-state index >= 15 is 0 Å². The van der Waals surface area contributed by atoms with Gasteiger partial charge < -0.3 is 4.74 Å². The summed E-state index contributed by atoms with van der Waals surface area (Å²) in [6, 6.07) is 5.53. The van der Waals surface area contributed by atoms with Crippen LogP contribution in [0.2, 0.25) is 0 Å². The van der Waals surface area contributed by atoms with Gasteiger partial charge in [-0.1, -0.05) is 12.5 Å². The number of ether oxygens (including phenoxy) is 1. The van der Waals surface area contributed by atoms with E-state index in [1.807, 2.05) is 6.92 Å². The Bertz CT molecular complexity index is 882. The third kappa shape index (κ3) is 4.25. The van der Waals surface area contributed by atoms with Gasteiger partial charge in [-0.25, -0.2) is 13.2 Å². The summed E-state index contributed by atoms with van der Waals surface area (Å²) in [5.41, 5.74) is 0.0475. The Kier molecular flexibility index (Phi) is 6.14. The first-order chi connectivity index (χ1) is 13.3. The molecule has 2 aliphatic heterocycles. The van der Waals surface area contributed by atoms with Crippen molar-refractivity contribution in [3.8, 4) is 0 Å². The predicted molar refractivity (Wildman–Crippen MR) is 99.9 cm³/mol. The van der Waals surface area contributed by atoms with E-state index in [4.69, 9.17) is 4.74 Å². The number of carbonyl (C=O) groups excluding carboxylic acids is 3. The monoisotopic (exact) mass is 408 g/mol. The first kappa shape index (κ1) is 20.5. The van der Waals surface area contributed by atoms with Gasteiger partial charge in [0.05, 0.1) is 10.5 Å². The molecule has 152 valence electrons. The molecule has 28 heavy (non-hydrogen) atoms. The minimum atomic E-state index is -3.71. The van der Waals surface area contributed by atoms with Crippen LogP contribution in [0.25, 0.3) is 0 Å². The molecule has 0 radical (unpaired) electrons. The molecule has 2 aliphatic rings. The Morgan fingerprint density at radius 3 is 2.64 bits per heavy atom. The van der Waals surface area contributed by atoms with Gasteiger partial charge in [-0.3, -0.25) is 14.5 Å². The van der Waals surface area contributed by atoms with Crippen molar-refractivity contribution in [3.05, 3.63) is 29.8 Å². The molecule has 8 nitrogen and oxygen atoms in total. The van der Waals surface area contributed by atoms with Crippen molar-refractivity contribution in [2.45, 2.75) is 50.0 Å². The highest BCUT2D eigenvalue weighted by Gasteiger charge is 2.31. The standard InChI is InChI=1S/C19H24N2O6S/c1-14-6-2-3-11-21(14)28(25,26)16-8-4-7-15(12-16)19(24)27-13-18(23)20-10-5-9-17(20)22/h4,7-8,12,14H,2-3,5-6,9-11,13H2,1H3/t14-/m1/s1. The van der Waals surface area contributed by atoms with Gasteiger partial charge in [0.1, 0.15) is 0 Å². The van der Waals surface area contributed by atoms with Crippen LogP contribution in [0.3, 0.4) is 0 Å². The molecule has 0 bridgehead atoms. The summed E-state index contributed by atoms with van der Waals surface area (Å²) in [5.74, 6) is -1.64. The van der Waals surface area contributed by atoms with Gasteiger partial charge in [0, 0.05) is 25.6 Å². The van der Waals surface area contributed by atoms with E-state index in [0.29, 0.717) is 25.9 Å². The molecule has 1 aromatic carbocycles. The van der Waals surface area contributed by atoms with Crippen LogP contribution in [0, 0.1) is 0 Å². The smallest absolute Gasteiger partial charge is 0.338 e. The van der Waals surface area contributed by atoms with Gasteiger partial charge in [0.25, 0.3) is 5.91 Å². The maximum Gasteiger partial charge on any atom is 0.338 e. The van der Waals surface area contributed by atoms with E-state index < -0.39 is 28.5 Å². The van der Waals surface area contributed by atoms with E-state index in [2.05, 4.69) is 0 Å². The van der Waals surface area contributed by atoms with E-state index in [9.17, 15) is 22.8 Å². The van der Waals surface area contributed by atoms with Gasteiger partial charge in [0.15, 0.2) is 6.61 Å². The Morgan fingerprint density at radius 1 is 1.18 bits per heavy atom. The maximum atomic E-state index is 12.9. The van der Waals surface area contributed by atoms with Gasteiger partial charge in [-0.2, -0.15) is 4.31 Å². The zero-order valence-electron chi connectivity index (χ0n) is 15.8. The average molecular weight is 408 g/mol. The molecular weight excluding hydrogens is 384 g/mol. The van der Waals surface area contributed by atoms with Crippen LogP contribution >= 0.6 is 0 Å². The number of benzene rings is 1. The fraction of sp³-hybridized carbons (Fsp3) is 0.526. The van der Waals surface area contributed by atoms with Crippen LogP contribution in [-0.2, 0) is 24.3 Å². The molecule has 2 amide bonds. The summed E-state index contributed by atoms with van der Waals surface area (Å²) >= 11 is 0. The van der Waals surface area contributed by atoms with Gasteiger partial charge in [-0.15, -0.1) is 0 Å². The molecule has 9 heteroatoms. The highest BCUT2D eigenvalue weighted by molar-refractivity contribution is 7.89. The lowest BCUT2D eigenvalue weighted by atomic mass is 10.1. The number of hydrogen-bond donors (Lipinski definition) is 0. The SMILES string of the molecule is C[C@@H]1CCCCN1S(=O)(=O)c1cccc(C(=O)OCC(=O)N2CCCC2=O)c1. The summed E-state index contributed by atoms with van der Waals surface area (Å²) < 4.78 is 32.3. The molecule has 0 aromatic heterocycles. The summed E-state index contributed by atoms with van der Waals surface area (Å²) in [5, 5.41) is 0. The second kappa shape index (κ2) is 8.40. The Hall–Kier alpha value is -2.26. The quantitative estimate of drug-likeness (QED) is 0.685. The van der Waals surface area contributed by atoms with Crippen LogP contribution in [0.15, 0.2) is 29.2 Å². The summed E-state index contributed by atoms with van der Waals surface area (Å²) in [6.07, 6.45) is 3.52. The van der Waals surface area contributed by atoms with E-state index in [1.165, 1.54) is 28.6 Å². The number of carbonyl (C=O) groups is 3. The lowest BCUT2D eigenvalue weighted by molar-refractivity contribution is -0.143. The molecule has 2 saturated heterocycles. The molecular formula is C19H24N2O6S. The Morgan fingerprint density at radius 2 is 1.96 bits per heavy atom.